The summed E-state index contributed by atoms with van der Waals surface area (Å²) in [6.07, 6.45) is -1.47. The lowest BCUT2D eigenvalue weighted by Gasteiger charge is -2.27. The number of hydrogen-bond acceptors (Lipinski definition) is 2. The third-order valence-electron chi connectivity index (χ3n) is 2.45. The second-order valence-electron chi connectivity index (χ2n) is 3.72. The van der Waals surface area contributed by atoms with Crippen molar-refractivity contribution in [1.82, 2.24) is 0 Å². The maximum absolute atomic E-state index is 11.9. The molecule has 0 amide bonds. The van der Waals surface area contributed by atoms with Gasteiger partial charge >= 0.3 is 6.18 Å². The summed E-state index contributed by atoms with van der Waals surface area (Å²) in [7, 11) is 0. The summed E-state index contributed by atoms with van der Waals surface area (Å²) in [6, 6.07) is -0.290. The van der Waals surface area contributed by atoms with E-state index in [1.807, 2.05) is 0 Å². The predicted octanol–water partition coefficient (Wildman–Crippen LogP) is 2.94. The van der Waals surface area contributed by atoms with E-state index < -0.39 is 12.6 Å². The van der Waals surface area contributed by atoms with Crippen molar-refractivity contribution in [3.8, 4) is 0 Å². The van der Waals surface area contributed by atoms with Crippen LogP contribution in [0.5, 0.6) is 0 Å². The number of hydrogen-bond donors (Lipinski definition) is 1. The maximum Gasteiger partial charge on any atom is 0.389 e. The molecule has 0 aliphatic carbocycles. The van der Waals surface area contributed by atoms with Gasteiger partial charge < -0.3 is 5.73 Å². The molecular formula is C9H16F3NS. The van der Waals surface area contributed by atoms with Crippen LogP contribution >= 0.6 is 11.8 Å². The van der Waals surface area contributed by atoms with E-state index >= 15 is 0 Å². The third kappa shape index (κ3) is 4.55. The number of alkyl halides is 3. The Hall–Kier alpha value is 0.100. The number of thioether (sulfide) groups is 1. The van der Waals surface area contributed by atoms with Crippen molar-refractivity contribution in [2.75, 3.05) is 5.75 Å². The van der Waals surface area contributed by atoms with Crippen LogP contribution in [-0.4, -0.2) is 23.2 Å². The first-order valence-corrected chi connectivity index (χ1v) is 5.98. The molecule has 84 valence electrons. The van der Waals surface area contributed by atoms with Gasteiger partial charge in [0.15, 0.2) is 0 Å². The molecule has 1 fully saturated rings. The summed E-state index contributed by atoms with van der Waals surface area (Å²) < 4.78 is 35.8. The van der Waals surface area contributed by atoms with Gasteiger partial charge in [0.1, 0.15) is 0 Å². The second kappa shape index (κ2) is 5.26. The molecule has 1 nitrogen and oxygen atoms in total. The quantitative estimate of drug-likeness (QED) is 0.802. The molecule has 0 radical (unpaired) electrons. The third-order valence-corrected chi connectivity index (χ3v) is 3.99. The Kier molecular flexibility index (Phi) is 4.57. The van der Waals surface area contributed by atoms with Crippen LogP contribution in [0.1, 0.15) is 32.1 Å². The SMILES string of the molecule is NC(CCC(F)(F)F)C1CCCCS1. The Morgan fingerprint density at radius 3 is 2.57 bits per heavy atom. The van der Waals surface area contributed by atoms with Crippen molar-refractivity contribution in [2.24, 2.45) is 5.73 Å². The molecule has 1 heterocycles. The summed E-state index contributed by atoms with van der Waals surface area (Å²) in [5.74, 6) is 1.05. The molecule has 0 aromatic heterocycles. The number of halogens is 3. The van der Waals surface area contributed by atoms with E-state index in [0.717, 1.165) is 18.6 Å². The molecular weight excluding hydrogens is 211 g/mol. The fraction of sp³-hybridized carbons (Fsp3) is 1.00. The van der Waals surface area contributed by atoms with E-state index in [9.17, 15) is 13.2 Å². The zero-order chi connectivity index (χ0) is 10.6. The van der Waals surface area contributed by atoms with Gasteiger partial charge in [-0.05, 0) is 25.0 Å². The van der Waals surface area contributed by atoms with Crippen molar-refractivity contribution < 1.29 is 13.2 Å². The van der Waals surface area contributed by atoms with Gasteiger partial charge in [-0.1, -0.05) is 6.42 Å². The Labute approximate surface area is 86.6 Å². The highest BCUT2D eigenvalue weighted by Gasteiger charge is 2.30. The first-order chi connectivity index (χ1) is 6.49. The summed E-state index contributed by atoms with van der Waals surface area (Å²) in [6.45, 7) is 0. The maximum atomic E-state index is 11.9. The zero-order valence-electron chi connectivity index (χ0n) is 8.02. The number of rotatable bonds is 3. The van der Waals surface area contributed by atoms with Gasteiger partial charge in [0.2, 0.25) is 0 Å². The Morgan fingerprint density at radius 2 is 2.07 bits per heavy atom. The monoisotopic (exact) mass is 227 g/mol. The largest absolute Gasteiger partial charge is 0.389 e. The molecule has 0 saturated carbocycles. The van der Waals surface area contributed by atoms with Crippen LogP contribution in [0.4, 0.5) is 13.2 Å². The predicted molar refractivity (Wildman–Crippen MR) is 53.4 cm³/mol. The fourth-order valence-corrected chi connectivity index (χ4v) is 3.01. The van der Waals surface area contributed by atoms with Gasteiger partial charge in [0.25, 0.3) is 0 Å². The molecule has 5 heteroatoms. The highest BCUT2D eigenvalue weighted by molar-refractivity contribution is 8.00. The molecule has 14 heavy (non-hydrogen) atoms. The average Bonchev–Trinajstić information content (AvgIpc) is 2.14. The molecule has 1 aliphatic rings. The highest BCUT2D eigenvalue weighted by Crippen LogP contribution is 2.30. The second-order valence-corrected chi connectivity index (χ2v) is 5.07. The van der Waals surface area contributed by atoms with Gasteiger partial charge in [0, 0.05) is 17.7 Å². The van der Waals surface area contributed by atoms with Gasteiger partial charge in [0.05, 0.1) is 0 Å². The summed E-state index contributed by atoms with van der Waals surface area (Å²) in [5.41, 5.74) is 5.73. The Bertz CT molecular complexity index is 166. The van der Waals surface area contributed by atoms with Crippen LogP contribution in [0.15, 0.2) is 0 Å². The summed E-state index contributed by atoms with van der Waals surface area (Å²) >= 11 is 1.73. The van der Waals surface area contributed by atoms with E-state index in [1.54, 1.807) is 11.8 Å². The van der Waals surface area contributed by atoms with E-state index in [2.05, 4.69) is 0 Å². The molecule has 1 rings (SSSR count). The minimum absolute atomic E-state index is 0.0706. The number of nitrogens with two attached hydrogens (primary N) is 1. The smallest absolute Gasteiger partial charge is 0.327 e. The Balaban J connectivity index is 2.23. The van der Waals surface area contributed by atoms with Gasteiger partial charge in [-0.15, -0.1) is 0 Å². The minimum Gasteiger partial charge on any atom is -0.327 e. The first-order valence-electron chi connectivity index (χ1n) is 4.93. The van der Waals surface area contributed by atoms with Gasteiger partial charge in [-0.2, -0.15) is 24.9 Å². The van der Waals surface area contributed by atoms with Crippen molar-refractivity contribution in [3.63, 3.8) is 0 Å². The van der Waals surface area contributed by atoms with E-state index in [1.165, 1.54) is 6.42 Å². The van der Waals surface area contributed by atoms with Crippen molar-refractivity contribution in [3.05, 3.63) is 0 Å². The van der Waals surface area contributed by atoms with Crippen molar-refractivity contribution in [2.45, 2.75) is 49.6 Å². The summed E-state index contributed by atoms with van der Waals surface area (Å²) in [4.78, 5) is 0. The van der Waals surface area contributed by atoms with Crippen LogP contribution in [-0.2, 0) is 0 Å². The zero-order valence-corrected chi connectivity index (χ0v) is 8.83. The fourth-order valence-electron chi connectivity index (χ4n) is 1.62. The molecule has 2 N–H and O–H groups in total. The lowest BCUT2D eigenvalue weighted by molar-refractivity contribution is -0.136. The highest BCUT2D eigenvalue weighted by atomic mass is 32.2. The normalized spacial score (nSPS) is 26.1. The molecule has 1 saturated heterocycles. The Morgan fingerprint density at radius 1 is 1.36 bits per heavy atom. The first kappa shape index (κ1) is 12.2. The molecule has 0 aromatic rings. The van der Waals surface area contributed by atoms with Crippen LogP contribution < -0.4 is 5.73 Å². The van der Waals surface area contributed by atoms with Crippen molar-refractivity contribution in [1.29, 1.82) is 0 Å². The molecule has 2 atom stereocenters. The molecule has 0 bridgehead atoms. The topological polar surface area (TPSA) is 26.0 Å². The van der Waals surface area contributed by atoms with Crippen LogP contribution in [0.3, 0.4) is 0 Å². The lowest BCUT2D eigenvalue weighted by Crippen LogP contribution is -2.35. The van der Waals surface area contributed by atoms with Crippen LogP contribution in [0.2, 0.25) is 0 Å². The van der Waals surface area contributed by atoms with Gasteiger partial charge in [-0.25, -0.2) is 0 Å². The van der Waals surface area contributed by atoms with Crippen molar-refractivity contribution >= 4 is 11.8 Å². The minimum atomic E-state index is -4.06. The molecule has 0 aromatic carbocycles. The molecule has 1 aliphatic heterocycles. The van der Waals surface area contributed by atoms with Crippen LogP contribution in [0.25, 0.3) is 0 Å². The van der Waals surface area contributed by atoms with E-state index in [-0.39, 0.29) is 17.7 Å². The lowest BCUT2D eigenvalue weighted by atomic mass is 10.0. The van der Waals surface area contributed by atoms with Crippen LogP contribution in [0, 0.1) is 0 Å². The van der Waals surface area contributed by atoms with Gasteiger partial charge in [-0.3, -0.25) is 0 Å². The average molecular weight is 227 g/mol. The molecule has 0 spiro atoms. The van der Waals surface area contributed by atoms with E-state index in [4.69, 9.17) is 5.73 Å². The summed E-state index contributed by atoms with van der Waals surface area (Å²) in [5, 5.41) is 0.242. The van der Waals surface area contributed by atoms with E-state index in [0.29, 0.717) is 0 Å². The molecule has 2 unspecified atom stereocenters. The standard InChI is InChI=1S/C9H16F3NS/c10-9(11,12)5-4-7(13)8-3-1-2-6-14-8/h7-8H,1-6,13H2.